The number of hydrogen-bond acceptors (Lipinski definition) is 4. The first-order valence-corrected chi connectivity index (χ1v) is 7.56. The number of likely N-dealkylation sites (N-methyl/N-ethyl adjacent to an activating group) is 1. The van der Waals surface area contributed by atoms with Gasteiger partial charge in [-0.3, -0.25) is 4.90 Å². The van der Waals surface area contributed by atoms with Gasteiger partial charge in [0.15, 0.2) is 0 Å². The number of aliphatic hydroxyl groups excluding tert-OH is 1. The van der Waals surface area contributed by atoms with E-state index < -0.39 is 0 Å². The third kappa shape index (κ3) is 5.03. The fourth-order valence-corrected chi connectivity index (χ4v) is 2.56. The predicted octanol–water partition coefficient (Wildman–Crippen LogP) is 1.49. The van der Waals surface area contributed by atoms with Gasteiger partial charge in [0.05, 0.1) is 6.61 Å². The molecule has 0 unspecified atom stereocenters. The van der Waals surface area contributed by atoms with E-state index in [2.05, 4.69) is 38.0 Å². The van der Waals surface area contributed by atoms with E-state index in [1.165, 1.54) is 6.42 Å². The molecule has 2 N–H and O–H groups in total. The average molecular weight is 272 g/mol. The standard InChI is InChI=1S/C15H32N2O2/c1-5-8-16-11-15(6-9-19-10-7-15)12-17(4)14(2,3)13-18/h16,18H,5-13H2,1-4H3. The molecule has 1 aliphatic rings. The molecule has 4 heteroatoms. The summed E-state index contributed by atoms with van der Waals surface area (Å²) in [6.45, 7) is 11.5. The molecule has 0 amide bonds. The van der Waals surface area contributed by atoms with E-state index in [1.807, 2.05) is 0 Å². The van der Waals surface area contributed by atoms with Gasteiger partial charge in [0.25, 0.3) is 0 Å². The van der Waals surface area contributed by atoms with Crippen molar-refractivity contribution in [1.29, 1.82) is 0 Å². The zero-order chi connectivity index (χ0) is 14.4. The summed E-state index contributed by atoms with van der Waals surface area (Å²) >= 11 is 0. The van der Waals surface area contributed by atoms with Crippen molar-refractivity contribution in [3.63, 3.8) is 0 Å². The van der Waals surface area contributed by atoms with Crippen molar-refractivity contribution in [3.05, 3.63) is 0 Å². The summed E-state index contributed by atoms with van der Waals surface area (Å²) in [4.78, 5) is 2.30. The molecule has 1 heterocycles. The molecule has 114 valence electrons. The maximum Gasteiger partial charge on any atom is 0.0609 e. The third-order valence-corrected chi connectivity index (χ3v) is 4.47. The molecular weight excluding hydrogens is 240 g/mol. The Morgan fingerprint density at radius 3 is 2.47 bits per heavy atom. The maximum atomic E-state index is 9.51. The summed E-state index contributed by atoms with van der Waals surface area (Å²) in [5.41, 5.74) is 0.130. The van der Waals surface area contributed by atoms with Crippen LogP contribution in [0.5, 0.6) is 0 Å². The number of nitrogens with zero attached hydrogens (tertiary/aromatic N) is 1. The van der Waals surface area contributed by atoms with E-state index in [1.54, 1.807) is 0 Å². The molecule has 1 rings (SSSR count). The lowest BCUT2D eigenvalue weighted by molar-refractivity contribution is -0.0252. The molecule has 1 fully saturated rings. The normalized spacial score (nSPS) is 19.9. The van der Waals surface area contributed by atoms with Crippen LogP contribution in [-0.4, -0.2) is 62.0 Å². The maximum absolute atomic E-state index is 9.51. The highest BCUT2D eigenvalue weighted by molar-refractivity contribution is 4.90. The summed E-state index contributed by atoms with van der Waals surface area (Å²) in [5.74, 6) is 0. The van der Waals surface area contributed by atoms with Crippen LogP contribution in [0.25, 0.3) is 0 Å². The van der Waals surface area contributed by atoms with E-state index in [-0.39, 0.29) is 17.6 Å². The Hall–Kier alpha value is -0.160. The highest BCUT2D eigenvalue weighted by atomic mass is 16.5. The fourth-order valence-electron chi connectivity index (χ4n) is 2.56. The van der Waals surface area contributed by atoms with Crippen molar-refractivity contribution in [1.82, 2.24) is 10.2 Å². The summed E-state index contributed by atoms with van der Waals surface area (Å²) < 4.78 is 5.53. The second-order valence-corrected chi connectivity index (χ2v) is 6.62. The highest BCUT2D eigenvalue weighted by Crippen LogP contribution is 2.32. The van der Waals surface area contributed by atoms with Gasteiger partial charge in [-0.1, -0.05) is 6.92 Å². The topological polar surface area (TPSA) is 44.7 Å². The number of hydrogen-bond donors (Lipinski definition) is 2. The quantitative estimate of drug-likeness (QED) is 0.657. The molecule has 1 aliphatic heterocycles. The van der Waals surface area contributed by atoms with Crippen LogP contribution in [0.3, 0.4) is 0 Å². The highest BCUT2D eigenvalue weighted by Gasteiger charge is 2.36. The van der Waals surface area contributed by atoms with Crippen LogP contribution >= 0.6 is 0 Å². The molecule has 4 nitrogen and oxygen atoms in total. The SMILES string of the molecule is CCCNCC1(CN(C)C(C)(C)CO)CCOCC1. The Morgan fingerprint density at radius 2 is 1.95 bits per heavy atom. The Morgan fingerprint density at radius 1 is 1.32 bits per heavy atom. The molecule has 0 aromatic heterocycles. The molecule has 0 bridgehead atoms. The van der Waals surface area contributed by atoms with Crippen molar-refractivity contribution < 1.29 is 9.84 Å². The summed E-state index contributed by atoms with van der Waals surface area (Å²) in [6.07, 6.45) is 3.38. The van der Waals surface area contributed by atoms with Gasteiger partial charge in [0.2, 0.25) is 0 Å². The van der Waals surface area contributed by atoms with Crippen LogP contribution in [0.1, 0.15) is 40.0 Å². The summed E-state index contributed by atoms with van der Waals surface area (Å²) in [5, 5.41) is 13.1. The first-order chi connectivity index (χ1) is 8.96. The zero-order valence-corrected chi connectivity index (χ0v) is 13.2. The molecule has 0 aromatic rings. The van der Waals surface area contributed by atoms with E-state index in [4.69, 9.17) is 4.74 Å². The summed E-state index contributed by atoms with van der Waals surface area (Å²) in [7, 11) is 2.12. The van der Waals surface area contributed by atoms with Crippen LogP contribution in [0.2, 0.25) is 0 Å². The van der Waals surface area contributed by atoms with E-state index in [9.17, 15) is 5.11 Å². The summed E-state index contributed by atoms with van der Waals surface area (Å²) in [6, 6.07) is 0. The van der Waals surface area contributed by atoms with Gasteiger partial charge in [-0.15, -0.1) is 0 Å². The molecule has 0 aromatic carbocycles. The van der Waals surface area contributed by atoms with Gasteiger partial charge in [0.1, 0.15) is 0 Å². The van der Waals surface area contributed by atoms with Crippen molar-refractivity contribution in [3.8, 4) is 0 Å². The molecule has 1 saturated heterocycles. The third-order valence-electron chi connectivity index (χ3n) is 4.47. The molecule has 0 spiro atoms. The largest absolute Gasteiger partial charge is 0.394 e. The van der Waals surface area contributed by atoms with Gasteiger partial charge in [0, 0.05) is 31.8 Å². The Balaban J connectivity index is 2.63. The minimum atomic E-state index is -0.157. The van der Waals surface area contributed by atoms with E-state index in [0.29, 0.717) is 0 Å². The average Bonchev–Trinajstić information content (AvgIpc) is 2.40. The Kier molecular flexibility index (Phi) is 6.74. The lowest BCUT2D eigenvalue weighted by atomic mass is 9.78. The van der Waals surface area contributed by atoms with Crippen molar-refractivity contribution in [2.45, 2.75) is 45.6 Å². The molecule has 19 heavy (non-hydrogen) atoms. The lowest BCUT2D eigenvalue weighted by Crippen LogP contribution is -2.53. The number of rotatable bonds is 8. The molecule has 0 atom stereocenters. The minimum absolute atomic E-state index is 0.157. The number of aliphatic hydroxyl groups is 1. The van der Waals surface area contributed by atoms with Crippen molar-refractivity contribution >= 4 is 0 Å². The smallest absolute Gasteiger partial charge is 0.0609 e. The van der Waals surface area contributed by atoms with Gasteiger partial charge < -0.3 is 15.2 Å². The van der Waals surface area contributed by atoms with Gasteiger partial charge >= 0.3 is 0 Å². The second-order valence-electron chi connectivity index (χ2n) is 6.62. The first-order valence-electron chi connectivity index (χ1n) is 7.56. The monoisotopic (exact) mass is 272 g/mol. The van der Waals surface area contributed by atoms with Crippen LogP contribution in [0, 0.1) is 5.41 Å². The Labute approximate surface area is 118 Å². The van der Waals surface area contributed by atoms with Crippen LogP contribution < -0.4 is 5.32 Å². The van der Waals surface area contributed by atoms with Crippen LogP contribution in [0.4, 0.5) is 0 Å². The fraction of sp³-hybridized carbons (Fsp3) is 1.00. The molecule has 0 radical (unpaired) electrons. The van der Waals surface area contributed by atoms with Gasteiger partial charge in [-0.2, -0.15) is 0 Å². The molecular formula is C15H32N2O2. The van der Waals surface area contributed by atoms with E-state index in [0.717, 1.165) is 45.7 Å². The van der Waals surface area contributed by atoms with Gasteiger partial charge in [-0.25, -0.2) is 0 Å². The van der Waals surface area contributed by atoms with Gasteiger partial charge in [-0.05, 0) is 52.1 Å². The minimum Gasteiger partial charge on any atom is -0.394 e. The van der Waals surface area contributed by atoms with Crippen molar-refractivity contribution in [2.24, 2.45) is 5.41 Å². The zero-order valence-electron chi connectivity index (χ0n) is 13.2. The lowest BCUT2D eigenvalue weighted by Gasteiger charge is -2.44. The van der Waals surface area contributed by atoms with Crippen molar-refractivity contribution in [2.75, 3.05) is 46.5 Å². The Bertz CT molecular complexity index is 251. The first kappa shape index (κ1) is 16.9. The van der Waals surface area contributed by atoms with Crippen LogP contribution in [0.15, 0.2) is 0 Å². The van der Waals surface area contributed by atoms with E-state index >= 15 is 0 Å². The second kappa shape index (κ2) is 7.58. The predicted molar refractivity (Wildman–Crippen MR) is 79.4 cm³/mol. The molecule has 0 saturated carbocycles. The number of ether oxygens (including phenoxy) is 1. The number of nitrogens with one attached hydrogen (secondary N) is 1. The van der Waals surface area contributed by atoms with Crippen LogP contribution in [-0.2, 0) is 4.74 Å². The molecule has 0 aliphatic carbocycles.